The molecule has 0 bridgehead atoms. The van der Waals surface area contributed by atoms with Crippen molar-refractivity contribution in [1.82, 2.24) is 20.3 Å². The molecule has 0 unspecified atom stereocenters. The summed E-state index contributed by atoms with van der Waals surface area (Å²) in [6, 6.07) is 22.3. The Hall–Kier alpha value is -2.46. The number of rotatable bonds is 6. The Morgan fingerprint density at radius 1 is 0.808 bits per heavy atom. The number of aromatic nitrogens is 3. The molecule has 0 spiro atoms. The van der Waals surface area contributed by atoms with Crippen molar-refractivity contribution in [2.75, 3.05) is 0 Å². The van der Waals surface area contributed by atoms with Crippen molar-refractivity contribution in [2.24, 2.45) is 0 Å². The standard InChI is InChI=1S/C22H26N4/c1-3-7-18(8-4-1)16-26(17-19-9-5-2-6-10-19)21-13-11-20(12-14-21)22-15-23-25-24-22/h1-10,15,20-21H,11-14,16-17H2,(H,23,24,25). The van der Waals surface area contributed by atoms with Crippen LogP contribution in [0.5, 0.6) is 0 Å². The highest BCUT2D eigenvalue weighted by Gasteiger charge is 2.28. The Labute approximate surface area is 155 Å². The van der Waals surface area contributed by atoms with Crippen molar-refractivity contribution in [3.63, 3.8) is 0 Å². The van der Waals surface area contributed by atoms with Crippen LogP contribution in [0.1, 0.15) is 48.4 Å². The molecule has 4 heteroatoms. The summed E-state index contributed by atoms with van der Waals surface area (Å²) < 4.78 is 0. The van der Waals surface area contributed by atoms with Gasteiger partial charge in [-0.1, -0.05) is 65.9 Å². The molecule has 0 saturated heterocycles. The van der Waals surface area contributed by atoms with E-state index in [1.807, 2.05) is 6.20 Å². The monoisotopic (exact) mass is 346 g/mol. The molecule has 4 nitrogen and oxygen atoms in total. The van der Waals surface area contributed by atoms with E-state index in [0.29, 0.717) is 12.0 Å². The summed E-state index contributed by atoms with van der Waals surface area (Å²) in [6.45, 7) is 2.02. The predicted octanol–water partition coefficient (Wildman–Crippen LogP) is 4.53. The van der Waals surface area contributed by atoms with Crippen LogP contribution in [0.2, 0.25) is 0 Å². The van der Waals surface area contributed by atoms with E-state index in [4.69, 9.17) is 0 Å². The SMILES string of the molecule is c1ccc(CN(Cc2ccccc2)C2CCC(c3c[nH]nn3)CC2)cc1. The molecular formula is C22H26N4. The lowest BCUT2D eigenvalue weighted by atomic mass is 9.83. The number of hydrogen-bond acceptors (Lipinski definition) is 3. The molecule has 3 aromatic rings. The Kier molecular flexibility index (Phi) is 5.41. The van der Waals surface area contributed by atoms with Crippen LogP contribution in [-0.4, -0.2) is 26.4 Å². The van der Waals surface area contributed by atoms with Crippen molar-refractivity contribution in [3.8, 4) is 0 Å². The van der Waals surface area contributed by atoms with Crippen LogP contribution in [0.15, 0.2) is 66.9 Å². The van der Waals surface area contributed by atoms with Crippen LogP contribution in [-0.2, 0) is 13.1 Å². The van der Waals surface area contributed by atoms with E-state index >= 15 is 0 Å². The van der Waals surface area contributed by atoms with Crippen molar-refractivity contribution in [2.45, 2.75) is 50.7 Å². The summed E-state index contributed by atoms with van der Waals surface area (Å²) in [7, 11) is 0. The van der Waals surface area contributed by atoms with Gasteiger partial charge in [0, 0.05) is 31.2 Å². The number of H-pyrrole nitrogens is 1. The highest BCUT2D eigenvalue weighted by molar-refractivity contribution is 5.17. The second-order valence-corrected chi connectivity index (χ2v) is 7.28. The van der Waals surface area contributed by atoms with E-state index in [1.54, 1.807) is 0 Å². The Balaban J connectivity index is 1.45. The molecule has 0 amide bonds. The molecular weight excluding hydrogens is 320 g/mol. The van der Waals surface area contributed by atoms with Crippen molar-refractivity contribution < 1.29 is 0 Å². The summed E-state index contributed by atoms with van der Waals surface area (Å²) >= 11 is 0. The van der Waals surface area contributed by atoms with Gasteiger partial charge in [-0.2, -0.15) is 0 Å². The van der Waals surface area contributed by atoms with Gasteiger partial charge in [-0.15, -0.1) is 5.10 Å². The lowest BCUT2D eigenvalue weighted by Crippen LogP contribution is -2.37. The average molecular weight is 346 g/mol. The fraction of sp³-hybridized carbons (Fsp3) is 0.364. The third kappa shape index (κ3) is 4.20. The van der Waals surface area contributed by atoms with E-state index in [0.717, 1.165) is 18.8 Å². The summed E-state index contributed by atoms with van der Waals surface area (Å²) in [6.07, 6.45) is 6.78. The highest BCUT2D eigenvalue weighted by Crippen LogP contribution is 2.34. The predicted molar refractivity (Wildman–Crippen MR) is 104 cm³/mol. The number of aromatic amines is 1. The lowest BCUT2D eigenvalue weighted by molar-refractivity contribution is 0.133. The number of benzene rings is 2. The van der Waals surface area contributed by atoms with Gasteiger partial charge in [0.1, 0.15) is 0 Å². The number of hydrogen-bond donors (Lipinski definition) is 1. The fourth-order valence-electron chi connectivity index (χ4n) is 4.10. The molecule has 134 valence electrons. The van der Waals surface area contributed by atoms with Gasteiger partial charge in [-0.3, -0.25) is 10.00 Å². The summed E-state index contributed by atoms with van der Waals surface area (Å²) in [5, 5.41) is 11.0. The Bertz CT molecular complexity index is 721. The zero-order valence-corrected chi connectivity index (χ0v) is 15.1. The van der Waals surface area contributed by atoms with Gasteiger partial charge in [-0.05, 0) is 36.8 Å². The first-order valence-electron chi connectivity index (χ1n) is 9.57. The summed E-state index contributed by atoms with van der Waals surface area (Å²) in [5.41, 5.74) is 3.91. The maximum Gasteiger partial charge on any atom is 0.0855 e. The molecule has 4 rings (SSSR count). The van der Waals surface area contributed by atoms with E-state index in [9.17, 15) is 0 Å². The normalized spacial score (nSPS) is 20.3. The van der Waals surface area contributed by atoms with Gasteiger partial charge in [0.25, 0.3) is 0 Å². The lowest BCUT2D eigenvalue weighted by Gasteiger charge is -2.36. The molecule has 2 aromatic carbocycles. The van der Waals surface area contributed by atoms with Crippen LogP contribution in [0.4, 0.5) is 0 Å². The van der Waals surface area contributed by atoms with Crippen molar-refractivity contribution in [3.05, 3.63) is 83.7 Å². The third-order valence-electron chi connectivity index (χ3n) is 5.52. The maximum atomic E-state index is 4.23. The zero-order valence-electron chi connectivity index (χ0n) is 15.1. The van der Waals surface area contributed by atoms with Gasteiger partial charge in [-0.25, -0.2) is 0 Å². The van der Waals surface area contributed by atoms with Gasteiger partial charge in [0.2, 0.25) is 0 Å². The third-order valence-corrected chi connectivity index (χ3v) is 5.52. The maximum absolute atomic E-state index is 4.23. The molecule has 1 aliphatic rings. The van der Waals surface area contributed by atoms with E-state index in [-0.39, 0.29) is 0 Å². The fourth-order valence-corrected chi connectivity index (χ4v) is 4.10. The first-order valence-corrected chi connectivity index (χ1v) is 9.57. The van der Waals surface area contributed by atoms with E-state index < -0.39 is 0 Å². The minimum Gasteiger partial charge on any atom is -0.292 e. The van der Waals surface area contributed by atoms with Crippen LogP contribution in [0.25, 0.3) is 0 Å². The van der Waals surface area contributed by atoms with Gasteiger partial charge >= 0.3 is 0 Å². The zero-order chi connectivity index (χ0) is 17.6. The smallest absolute Gasteiger partial charge is 0.0855 e. The van der Waals surface area contributed by atoms with Crippen molar-refractivity contribution >= 4 is 0 Å². The quantitative estimate of drug-likeness (QED) is 0.713. The summed E-state index contributed by atoms with van der Waals surface area (Å²) in [5.74, 6) is 0.556. The van der Waals surface area contributed by atoms with Gasteiger partial charge in [0.05, 0.1) is 5.69 Å². The molecule has 1 fully saturated rings. The molecule has 0 aliphatic heterocycles. The first kappa shape index (κ1) is 17.0. The van der Waals surface area contributed by atoms with Gasteiger partial charge in [0.15, 0.2) is 0 Å². The first-order chi connectivity index (χ1) is 12.9. The minimum absolute atomic E-state index is 0.556. The van der Waals surface area contributed by atoms with E-state index in [2.05, 4.69) is 81.0 Å². The second-order valence-electron chi connectivity index (χ2n) is 7.28. The van der Waals surface area contributed by atoms with Crippen LogP contribution in [0, 0.1) is 0 Å². The molecule has 1 aromatic heterocycles. The minimum atomic E-state index is 0.556. The molecule has 26 heavy (non-hydrogen) atoms. The highest BCUT2D eigenvalue weighted by atomic mass is 15.3. The van der Waals surface area contributed by atoms with Crippen LogP contribution >= 0.6 is 0 Å². The number of nitrogens with one attached hydrogen (secondary N) is 1. The molecule has 1 N–H and O–H groups in total. The second kappa shape index (κ2) is 8.28. The van der Waals surface area contributed by atoms with E-state index in [1.165, 1.54) is 36.8 Å². The van der Waals surface area contributed by atoms with Crippen LogP contribution < -0.4 is 0 Å². The average Bonchev–Trinajstić information content (AvgIpc) is 3.24. The topological polar surface area (TPSA) is 44.8 Å². The Morgan fingerprint density at radius 3 is 1.88 bits per heavy atom. The molecule has 0 atom stereocenters. The van der Waals surface area contributed by atoms with Crippen molar-refractivity contribution in [1.29, 1.82) is 0 Å². The summed E-state index contributed by atoms with van der Waals surface area (Å²) in [4.78, 5) is 2.66. The van der Waals surface area contributed by atoms with Crippen LogP contribution in [0.3, 0.4) is 0 Å². The molecule has 1 heterocycles. The largest absolute Gasteiger partial charge is 0.292 e. The van der Waals surface area contributed by atoms with Gasteiger partial charge < -0.3 is 0 Å². The molecule has 1 saturated carbocycles. The number of nitrogens with zero attached hydrogens (tertiary/aromatic N) is 3. The molecule has 0 radical (unpaired) electrons. The molecule has 1 aliphatic carbocycles. The Morgan fingerprint density at radius 2 is 1.38 bits per heavy atom.